The number of fused-ring (bicyclic) bond motifs is 1. The fourth-order valence-corrected chi connectivity index (χ4v) is 1.11. The standard InChI is InChI=1S/C9H8N/c1-2-4-9-7-10-6-5-8(9)3-1/h1-4,7,10H,5H2. The lowest BCUT2D eigenvalue weighted by atomic mass is 10.0. The van der Waals surface area contributed by atoms with E-state index in [1.807, 2.05) is 12.6 Å². The molecule has 1 nitrogen and oxygen atoms in total. The van der Waals surface area contributed by atoms with Gasteiger partial charge in [0.2, 0.25) is 0 Å². The summed E-state index contributed by atoms with van der Waals surface area (Å²) in [5, 5.41) is 2.97. The molecule has 0 fully saturated rings. The second kappa shape index (κ2) is 2.43. The van der Waals surface area contributed by atoms with Gasteiger partial charge in [-0.2, -0.15) is 0 Å². The monoisotopic (exact) mass is 130 g/mol. The molecule has 3 radical (unpaired) electrons. The highest BCUT2D eigenvalue weighted by atomic mass is 14.9. The SMILES string of the molecule is [C]1Cc2ccccc2[CH]N1. The summed E-state index contributed by atoms with van der Waals surface area (Å²) < 4.78 is 0. The first-order valence-corrected chi connectivity index (χ1v) is 3.36. The molecule has 0 amide bonds. The van der Waals surface area contributed by atoms with Crippen molar-refractivity contribution >= 4 is 0 Å². The number of hydrogen-bond donors (Lipinski definition) is 1. The van der Waals surface area contributed by atoms with Crippen LogP contribution in [0.4, 0.5) is 0 Å². The first-order chi connectivity index (χ1) is 4.97. The van der Waals surface area contributed by atoms with Crippen LogP contribution in [0.25, 0.3) is 0 Å². The predicted molar refractivity (Wildman–Crippen MR) is 39.9 cm³/mol. The molecule has 0 unspecified atom stereocenters. The average molecular weight is 130 g/mol. The fourth-order valence-electron chi connectivity index (χ4n) is 1.11. The number of benzene rings is 1. The van der Waals surface area contributed by atoms with Crippen LogP contribution < -0.4 is 5.32 Å². The van der Waals surface area contributed by atoms with Gasteiger partial charge in [-0.15, -0.1) is 0 Å². The number of rotatable bonds is 0. The molecular formula is C9H8N. The molecule has 0 aromatic heterocycles. The molecule has 1 N–H and O–H groups in total. The highest BCUT2D eigenvalue weighted by Crippen LogP contribution is 2.14. The summed E-state index contributed by atoms with van der Waals surface area (Å²) in [7, 11) is 0. The van der Waals surface area contributed by atoms with Crippen molar-refractivity contribution < 1.29 is 0 Å². The van der Waals surface area contributed by atoms with E-state index in [1.54, 1.807) is 0 Å². The van der Waals surface area contributed by atoms with E-state index in [9.17, 15) is 0 Å². The van der Waals surface area contributed by atoms with Crippen LogP contribution in [0.3, 0.4) is 0 Å². The lowest BCUT2D eigenvalue weighted by Crippen LogP contribution is -2.16. The minimum atomic E-state index is 0.909. The van der Waals surface area contributed by atoms with Crippen LogP contribution in [0.2, 0.25) is 0 Å². The van der Waals surface area contributed by atoms with Gasteiger partial charge >= 0.3 is 0 Å². The van der Waals surface area contributed by atoms with Crippen LogP contribution in [0.1, 0.15) is 11.1 Å². The van der Waals surface area contributed by atoms with Gasteiger partial charge in [-0.05, 0) is 17.5 Å². The molecule has 1 heterocycles. The molecule has 1 aliphatic rings. The molecule has 0 spiro atoms. The number of hydrogen-bond acceptors (Lipinski definition) is 1. The van der Waals surface area contributed by atoms with Crippen molar-refractivity contribution in [1.29, 1.82) is 0 Å². The highest BCUT2D eigenvalue weighted by Gasteiger charge is 2.06. The Morgan fingerprint density at radius 1 is 1.30 bits per heavy atom. The minimum Gasteiger partial charge on any atom is -0.299 e. The van der Waals surface area contributed by atoms with E-state index in [0.29, 0.717) is 0 Å². The first-order valence-electron chi connectivity index (χ1n) is 3.36. The van der Waals surface area contributed by atoms with Gasteiger partial charge in [-0.25, -0.2) is 0 Å². The lowest BCUT2D eigenvalue weighted by Gasteiger charge is -2.14. The Balaban J connectivity index is 2.41. The molecule has 0 saturated carbocycles. The number of nitrogens with one attached hydrogen (secondary N) is 1. The van der Waals surface area contributed by atoms with Gasteiger partial charge in [-0.1, -0.05) is 24.3 Å². The fraction of sp³-hybridized carbons (Fsp3) is 0.111. The topological polar surface area (TPSA) is 12.0 Å². The maximum absolute atomic E-state index is 3.04. The molecule has 0 aliphatic carbocycles. The summed E-state index contributed by atoms with van der Waals surface area (Å²) in [6.07, 6.45) is 0.909. The molecule has 1 heteroatoms. The largest absolute Gasteiger partial charge is 0.299 e. The lowest BCUT2D eigenvalue weighted by molar-refractivity contribution is 0.859. The molecule has 1 aromatic rings. The molecule has 0 atom stereocenters. The van der Waals surface area contributed by atoms with Crippen LogP contribution in [0.5, 0.6) is 0 Å². The van der Waals surface area contributed by atoms with Gasteiger partial charge in [-0.3, -0.25) is 5.32 Å². The van der Waals surface area contributed by atoms with Crippen molar-refractivity contribution in [3.8, 4) is 0 Å². The predicted octanol–water partition coefficient (Wildman–Crippen LogP) is 1.38. The third-order valence-electron chi connectivity index (χ3n) is 1.66. The van der Waals surface area contributed by atoms with Crippen molar-refractivity contribution in [2.75, 3.05) is 0 Å². The normalized spacial score (nSPS) is 16.4. The van der Waals surface area contributed by atoms with Crippen molar-refractivity contribution in [2.45, 2.75) is 6.42 Å². The average Bonchev–Trinajstić information content (AvgIpc) is 2.05. The molecule has 0 saturated heterocycles. The summed E-state index contributed by atoms with van der Waals surface area (Å²) in [6.45, 7) is 5.01. The smallest absolute Gasteiger partial charge is 0.0639 e. The third-order valence-corrected chi connectivity index (χ3v) is 1.66. The second-order valence-electron chi connectivity index (χ2n) is 2.34. The minimum absolute atomic E-state index is 0.909. The zero-order chi connectivity index (χ0) is 6.81. The van der Waals surface area contributed by atoms with E-state index in [0.717, 1.165) is 6.42 Å². The Morgan fingerprint density at radius 3 is 3.10 bits per heavy atom. The zero-order valence-electron chi connectivity index (χ0n) is 5.59. The quantitative estimate of drug-likeness (QED) is 0.559. The van der Waals surface area contributed by atoms with Gasteiger partial charge < -0.3 is 0 Å². The maximum Gasteiger partial charge on any atom is 0.0639 e. The molecule has 10 heavy (non-hydrogen) atoms. The molecule has 49 valence electrons. The third kappa shape index (κ3) is 0.929. The van der Waals surface area contributed by atoms with Crippen LogP contribution in [-0.2, 0) is 6.42 Å². The molecular weight excluding hydrogens is 122 g/mol. The van der Waals surface area contributed by atoms with Crippen molar-refractivity contribution in [3.63, 3.8) is 0 Å². The van der Waals surface area contributed by atoms with Gasteiger partial charge in [0, 0.05) is 0 Å². The Bertz CT molecular complexity index is 205. The van der Waals surface area contributed by atoms with Crippen LogP contribution in [-0.4, -0.2) is 0 Å². The maximum atomic E-state index is 3.04. The van der Waals surface area contributed by atoms with Gasteiger partial charge in [0.05, 0.1) is 13.1 Å². The van der Waals surface area contributed by atoms with Crippen LogP contribution >= 0.6 is 0 Å². The summed E-state index contributed by atoms with van der Waals surface area (Å²) >= 11 is 0. The Labute approximate surface area is 61.1 Å². The van der Waals surface area contributed by atoms with Crippen molar-refractivity contribution in [3.05, 3.63) is 48.5 Å². The van der Waals surface area contributed by atoms with E-state index < -0.39 is 0 Å². The summed E-state index contributed by atoms with van der Waals surface area (Å²) in [5.41, 5.74) is 2.63. The van der Waals surface area contributed by atoms with Crippen LogP contribution in [0, 0.1) is 13.1 Å². The Morgan fingerprint density at radius 2 is 2.20 bits per heavy atom. The van der Waals surface area contributed by atoms with Crippen molar-refractivity contribution in [1.82, 2.24) is 5.32 Å². The van der Waals surface area contributed by atoms with Crippen molar-refractivity contribution in [2.24, 2.45) is 0 Å². The molecule has 1 aromatic carbocycles. The van der Waals surface area contributed by atoms with E-state index in [2.05, 4.69) is 30.1 Å². The van der Waals surface area contributed by atoms with E-state index in [1.165, 1.54) is 11.1 Å². The van der Waals surface area contributed by atoms with Gasteiger partial charge in [0.1, 0.15) is 0 Å². The summed E-state index contributed by atoms with van der Waals surface area (Å²) in [5.74, 6) is 0. The molecule has 1 aliphatic heterocycles. The Hall–Kier alpha value is -0.820. The highest BCUT2D eigenvalue weighted by molar-refractivity contribution is 5.35. The van der Waals surface area contributed by atoms with E-state index in [-0.39, 0.29) is 0 Å². The summed E-state index contributed by atoms with van der Waals surface area (Å²) in [4.78, 5) is 0. The Kier molecular flexibility index (Phi) is 1.44. The van der Waals surface area contributed by atoms with Gasteiger partial charge in [0.15, 0.2) is 0 Å². The van der Waals surface area contributed by atoms with E-state index in [4.69, 9.17) is 0 Å². The summed E-state index contributed by atoms with van der Waals surface area (Å²) in [6, 6.07) is 8.32. The van der Waals surface area contributed by atoms with Gasteiger partial charge in [0.25, 0.3) is 0 Å². The molecule has 0 bridgehead atoms. The zero-order valence-corrected chi connectivity index (χ0v) is 5.59. The molecule has 2 rings (SSSR count). The van der Waals surface area contributed by atoms with E-state index >= 15 is 0 Å². The first kappa shape index (κ1) is 5.93. The second-order valence-corrected chi connectivity index (χ2v) is 2.34. The van der Waals surface area contributed by atoms with Crippen LogP contribution in [0.15, 0.2) is 24.3 Å².